The van der Waals surface area contributed by atoms with Gasteiger partial charge in [-0.3, -0.25) is 4.79 Å². The summed E-state index contributed by atoms with van der Waals surface area (Å²) in [6.45, 7) is 1.42. The van der Waals surface area contributed by atoms with E-state index in [4.69, 9.17) is 4.74 Å². The molecule has 0 radical (unpaired) electrons. The number of nitrogens with zero attached hydrogens (tertiary/aromatic N) is 1. The van der Waals surface area contributed by atoms with Crippen molar-refractivity contribution in [1.29, 1.82) is 0 Å². The largest absolute Gasteiger partial charge is 0.460 e. The zero-order valence-corrected chi connectivity index (χ0v) is 13.4. The zero-order chi connectivity index (χ0) is 13.4. The second-order valence-electron chi connectivity index (χ2n) is 5.81. The van der Waals surface area contributed by atoms with E-state index in [1.54, 1.807) is 0 Å². The van der Waals surface area contributed by atoms with Crippen LogP contribution in [0.4, 0.5) is 0 Å². The van der Waals surface area contributed by atoms with E-state index in [1.807, 2.05) is 21.6 Å². The van der Waals surface area contributed by atoms with Gasteiger partial charge in [-0.2, -0.15) is 0 Å². The van der Waals surface area contributed by atoms with Crippen LogP contribution in [0.25, 0.3) is 0 Å². The number of hydrogen-bond acceptors (Lipinski definition) is 4. The van der Waals surface area contributed by atoms with Crippen molar-refractivity contribution in [1.82, 2.24) is 0 Å². The van der Waals surface area contributed by atoms with E-state index in [0.717, 1.165) is 29.1 Å². The van der Waals surface area contributed by atoms with Crippen molar-refractivity contribution in [2.75, 3.05) is 40.0 Å². The molecule has 1 aliphatic heterocycles. The molecule has 0 amide bonds. The first-order chi connectivity index (χ1) is 8.47. The van der Waals surface area contributed by atoms with Gasteiger partial charge in [0, 0.05) is 17.4 Å². The molecule has 1 fully saturated rings. The second-order valence-corrected chi connectivity index (χ2v) is 8.60. The molecule has 0 aromatic rings. The first kappa shape index (κ1) is 19.1. The molecule has 1 heterocycles. The summed E-state index contributed by atoms with van der Waals surface area (Å²) in [5.41, 5.74) is 0. The Balaban J connectivity index is 0.00000324. The average Bonchev–Trinajstić information content (AvgIpc) is 2.75. The predicted octanol–water partition coefficient (Wildman–Crippen LogP) is 3.59. The second kappa shape index (κ2) is 9.94. The predicted molar refractivity (Wildman–Crippen MR) is 87.5 cm³/mol. The zero-order valence-electron chi connectivity index (χ0n) is 11.8. The number of unbranched alkanes of at least 4 members (excludes halogenated alkanes) is 1. The van der Waals surface area contributed by atoms with Gasteiger partial charge in [-0.15, -0.1) is 0 Å². The first-order valence-corrected chi connectivity index (χ1v) is 9.10. The molecule has 114 valence electrons. The maximum Gasteiger partial charge on any atom is 0.305 e. The molecule has 1 rings (SSSR count). The topological polar surface area (TPSA) is 26.3 Å². The molecule has 0 saturated carbocycles. The van der Waals surface area contributed by atoms with Crippen LogP contribution in [0, 0.1) is 0 Å². The van der Waals surface area contributed by atoms with Crippen LogP contribution in [0.3, 0.4) is 0 Å². The summed E-state index contributed by atoms with van der Waals surface area (Å²) >= 11 is 0. The van der Waals surface area contributed by atoms with Gasteiger partial charge in [-0.1, -0.05) is 35.4 Å². The number of likely N-dealkylation sites (N-methyl/N-ethyl adjacent to an activating group) is 1. The molecule has 0 spiro atoms. The summed E-state index contributed by atoms with van der Waals surface area (Å²) in [6, 6.07) is 0. The fraction of sp³-hybridized carbons (Fsp3) is 0.929. The molecule has 0 aliphatic carbocycles. The monoisotopic (exact) mass is 308 g/mol. The van der Waals surface area contributed by atoms with Gasteiger partial charge in [-0.25, -0.2) is 0 Å². The van der Waals surface area contributed by atoms with Crippen molar-refractivity contribution in [3.05, 3.63) is 0 Å². The Labute approximate surface area is 126 Å². The Morgan fingerprint density at radius 2 is 2.05 bits per heavy atom. The summed E-state index contributed by atoms with van der Waals surface area (Å²) in [7, 11) is 10.3. The van der Waals surface area contributed by atoms with Gasteiger partial charge in [-0.05, 0) is 19.3 Å². The third-order valence-corrected chi connectivity index (χ3v) is 5.92. The van der Waals surface area contributed by atoms with Crippen LogP contribution < -0.4 is 0 Å². The van der Waals surface area contributed by atoms with Crippen molar-refractivity contribution < 1.29 is 14.0 Å². The van der Waals surface area contributed by atoms with Crippen molar-refractivity contribution >= 4 is 27.6 Å². The van der Waals surface area contributed by atoms with Crippen LogP contribution >= 0.6 is 21.6 Å². The van der Waals surface area contributed by atoms with Crippen molar-refractivity contribution in [2.45, 2.75) is 44.8 Å². The van der Waals surface area contributed by atoms with Gasteiger partial charge in [0.1, 0.15) is 13.2 Å². The minimum atomic E-state index is -0.0306. The lowest BCUT2D eigenvalue weighted by atomic mass is 10.1. The lowest BCUT2D eigenvalue weighted by Gasteiger charge is -2.23. The summed E-state index contributed by atoms with van der Waals surface area (Å²) in [4.78, 5) is 11.5. The van der Waals surface area contributed by atoms with Gasteiger partial charge in [0.25, 0.3) is 0 Å². The van der Waals surface area contributed by atoms with Crippen LogP contribution in [0.5, 0.6) is 0 Å². The van der Waals surface area contributed by atoms with E-state index in [2.05, 4.69) is 21.1 Å². The fourth-order valence-corrected chi connectivity index (χ4v) is 4.74. The van der Waals surface area contributed by atoms with Gasteiger partial charge < -0.3 is 9.22 Å². The molecular weight excluding hydrogens is 278 g/mol. The molecule has 0 unspecified atom stereocenters. The Morgan fingerprint density at radius 1 is 1.32 bits per heavy atom. The molecule has 5 heteroatoms. The molecule has 1 atom stereocenters. The number of rotatable bonds is 8. The number of esters is 1. The van der Waals surface area contributed by atoms with E-state index in [-0.39, 0.29) is 13.4 Å². The lowest BCUT2D eigenvalue weighted by Crippen LogP contribution is -2.38. The van der Waals surface area contributed by atoms with Gasteiger partial charge in [0.05, 0.1) is 21.1 Å². The Bertz CT molecular complexity index is 248. The average molecular weight is 309 g/mol. The number of carbonyl (C=O) groups is 1. The number of hydrogen-bond donors (Lipinski definition) is 0. The maximum atomic E-state index is 11.5. The van der Waals surface area contributed by atoms with E-state index in [1.165, 1.54) is 18.6 Å². The molecule has 19 heavy (non-hydrogen) atoms. The van der Waals surface area contributed by atoms with E-state index in [9.17, 15) is 4.79 Å². The van der Waals surface area contributed by atoms with Gasteiger partial charge in [0.2, 0.25) is 0 Å². The van der Waals surface area contributed by atoms with Gasteiger partial charge >= 0.3 is 5.97 Å². The lowest BCUT2D eigenvalue weighted by molar-refractivity contribution is -0.870. The molecular formula is C14H30NO2S2+. The van der Waals surface area contributed by atoms with Crippen LogP contribution in [0.2, 0.25) is 0 Å². The molecule has 1 aliphatic rings. The molecule has 1 saturated heterocycles. The van der Waals surface area contributed by atoms with Crippen LogP contribution in [0.1, 0.15) is 39.5 Å². The van der Waals surface area contributed by atoms with Crippen LogP contribution in [-0.4, -0.2) is 55.7 Å². The number of quaternary nitrogens is 1. The normalized spacial score (nSPS) is 19.0. The molecule has 0 aromatic carbocycles. The van der Waals surface area contributed by atoms with Gasteiger partial charge in [0.15, 0.2) is 0 Å². The van der Waals surface area contributed by atoms with Crippen molar-refractivity contribution in [3.8, 4) is 0 Å². The smallest absolute Gasteiger partial charge is 0.305 e. The third-order valence-electron chi connectivity index (χ3n) is 2.91. The molecule has 0 N–H and O–H groups in total. The standard InChI is InChI=1S/C13H26NO2S2.CH4/c1-14(2,3)9-10-16-13(15)7-5-4-6-12-8-11-17-18-12;/h12H,4-11H2,1-3H3;1H4/q+1;/t12-;/m1./s1. The van der Waals surface area contributed by atoms with E-state index < -0.39 is 0 Å². The summed E-state index contributed by atoms with van der Waals surface area (Å²) in [5.74, 6) is 1.26. The van der Waals surface area contributed by atoms with Crippen molar-refractivity contribution in [3.63, 3.8) is 0 Å². The fourth-order valence-electron chi connectivity index (χ4n) is 1.71. The highest BCUT2D eigenvalue weighted by Crippen LogP contribution is 2.39. The molecule has 0 aromatic heterocycles. The number of carbonyl (C=O) groups excluding carboxylic acids is 1. The summed E-state index contributed by atoms with van der Waals surface area (Å²) in [5, 5.41) is 0.823. The Kier molecular flexibility index (Phi) is 10.0. The van der Waals surface area contributed by atoms with E-state index in [0.29, 0.717) is 13.0 Å². The SMILES string of the molecule is C.C[N+](C)(C)CCOC(=O)CCCC[C@@H]1CCSS1. The van der Waals surface area contributed by atoms with E-state index >= 15 is 0 Å². The third kappa shape index (κ3) is 10.6. The van der Waals surface area contributed by atoms with Crippen LogP contribution in [-0.2, 0) is 9.53 Å². The summed E-state index contributed by atoms with van der Waals surface area (Å²) < 4.78 is 6.06. The Morgan fingerprint density at radius 3 is 2.63 bits per heavy atom. The highest BCUT2D eigenvalue weighted by Gasteiger charge is 2.16. The first-order valence-electron chi connectivity index (χ1n) is 6.72. The highest BCUT2D eigenvalue weighted by molar-refractivity contribution is 8.77. The minimum absolute atomic E-state index is 0. The quantitative estimate of drug-likeness (QED) is 0.296. The maximum absolute atomic E-state index is 11.5. The summed E-state index contributed by atoms with van der Waals surface area (Å²) in [6.07, 6.45) is 5.31. The van der Waals surface area contributed by atoms with Crippen molar-refractivity contribution in [2.24, 2.45) is 0 Å². The molecule has 3 nitrogen and oxygen atoms in total. The number of ether oxygens (including phenoxy) is 1. The molecule has 0 bridgehead atoms. The Hall–Kier alpha value is 0.130. The van der Waals surface area contributed by atoms with Crippen LogP contribution in [0.15, 0.2) is 0 Å². The minimum Gasteiger partial charge on any atom is -0.460 e. The highest BCUT2D eigenvalue weighted by atomic mass is 33.1.